The summed E-state index contributed by atoms with van der Waals surface area (Å²) in [5.41, 5.74) is 0.699. The molecule has 0 aliphatic rings. The van der Waals surface area contributed by atoms with Crippen molar-refractivity contribution in [2.45, 2.75) is 6.92 Å². The third kappa shape index (κ3) is 1.66. The van der Waals surface area contributed by atoms with E-state index in [-0.39, 0.29) is 0 Å². The molecule has 0 spiro atoms. The van der Waals surface area contributed by atoms with Crippen LogP contribution < -0.4 is 0 Å². The maximum Gasteiger partial charge on any atom is 0.228 e. The molecule has 1 rings (SSSR count). The smallest absolute Gasteiger partial charge is 0.224 e. The predicted octanol–water partition coefficient (Wildman–Crippen LogP) is 2.90. The summed E-state index contributed by atoms with van der Waals surface area (Å²) in [6.45, 7) is 1.76. The zero-order valence-corrected chi connectivity index (χ0v) is 8.90. The maximum absolute atomic E-state index is 12.7. The van der Waals surface area contributed by atoms with E-state index in [2.05, 4.69) is 20.9 Å². The van der Waals surface area contributed by atoms with Crippen molar-refractivity contribution < 1.29 is 4.39 Å². The van der Waals surface area contributed by atoms with Crippen LogP contribution in [0.4, 0.5) is 4.39 Å². The minimum absolute atomic E-state index is 0.440. The minimum atomic E-state index is -0.440. The Morgan fingerprint density at radius 3 is 2.80 bits per heavy atom. The first-order chi connectivity index (χ1) is 4.61. The zero-order chi connectivity index (χ0) is 7.72. The number of aryl methyl sites for hydroxylation is 1. The molecule has 0 atom stereocenters. The lowest BCUT2D eigenvalue weighted by molar-refractivity contribution is 0.571. The van der Waals surface area contributed by atoms with Crippen molar-refractivity contribution in [1.82, 2.24) is 4.98 Å². The molecule has 0 saturated heterocycles. The normalized spacial score (nSPS) is 10.0. The topological polar surface area (TPSA) is 12.9 Å². The highest BCUT2D eigenvalue weighted by Gasteiger charge is 2.04. The standard InChI is InChI=1S/C6H4BrFIN/c1-3-2-4(9)5(7)6(8)10-3/h2H,1H3. The summed E-state index contributed by atoms with van der Waals surface area (Å²) in [5, 5.41) is 0. The summed E-state index contributed by atoms with van der Waals surface area (Å²) in [5.74, 6) is -0.440. The van der Waals surface area contributed by atoms with E-state index in [1.54, 1.807) is 6.92 Å². The van der Waals surface area contributed by atoms with E-state index < -0.39 is 5.95 Å². The molecule has 0 unspecified atom stereocenters. The first kappa shape index (κ1) is 8.39. The van der Waals surface area contributed by atoms with Crippen LogP contribution in [0.15, 0.2) is 10.5 Å². The molecule has 0 amide bonds. The second kappa shape index (κ2) is 3.13. The Bertz CT molecular complexity index is 241. The summed E-state index contributed by atoms with van der Waals surface area (Å²) in [7, 11) is 0. The third-order valence-corrected chi connectivity index (χ3v) is 3.35. The Labute approximate surface area is 80.3 Å². The molecule has 0 aliphatic carbocycles. The molecule has 0 bridgehead atoms. The van der Waals surface area contributed by atoms with Gasteiger partial charge in [0.05, 0.1) is 4.47 Å². The van der Waals surface area contributed by atoms with Crippen molar-refractivity contribution in [2.24, 2.45) is 0 Å². The Balaban J connectivity index is 3.31. The highest BCUT2D eigenvalue weighted by Crippen LogP contribution is 2.21. The van der Waals surface area contributed by atoms with Gasteiger partial charge in [0.15, 0.2) is 0 Å². The van der Waals surface area contributed by atoms with Gasteiger partial charge in [-0.15, -0.1) is 0 Å². The van der Waals surface area contributed by atoms with Crippen molar-refractivity contribution in [2.75, 3.05) is 0 Å². The number of hydrogen-bond donors (Lipinski definition) is 0. The fourth-order valence-corrected chi connectivity index (χ4v) is 1.46. The van der Waals surface area contributed by atoms with Gasteiger partial charge in [0.2, 0.25) is 5.95 Å². The van der Waals surface area contributed by atoms with Crippen LogP contribution in [0.2, 0.25) is 0 Å². The van der Waals surface area contributed by atoms with E-state index >= 15 is 0 Å². The van der Waals surface area contributed by atoms with Crippen LogP contribution >= 0.6 is 38.5 Å². The number of halogens is 3. The van der Waals surface area contributed by atoms with Crippen LogP contribution in [0.5, 0.6) is 0 Å². The van der Waals surface area contributed by atoms with Gasteiger partial charge >= 0.3 is 0 Å². The zero-order valence-electron chi connectivity index (χ0n) is 5.16. The number of rotatable bonds is 0. The van der Waals surface area contributed by atoms with E-state index in [9.17, 15) is 4.39 Å². The lowest BCUT2D eigenvalue weighted by Gasteiger charge is -1.97. The van der Waals surface area contributed by atoms with Crippen LogP contribution in [-0.2, 0) is 0 Å². The first-order valence-corrected chi connectivity index (χ1v) is 4.46. The first-order valence-electron chi connectivity index (χ1n) is 2.59. The molecule has 1 aromatic rings. The molecule has 0 saturated carbocycles. The SMILES string of the molecule is Cc1cc(I)c(Br)c(F)n1. The monoisotopic (exact) mass is 315 g/mol. The molecule has 0 radical (unpaired) electrons. The van der Waals surface area contributed by atoms with Crippen LogP contribution in [0.25, 0.3) is 0 Å². The van der Waals surface area contributed by atoms with Crippen molar-refractivity contribution in [3.05, 3.63) is 25.8 Å². The Kier molecular flexibility index (Phi) is 2.62. The molecule has 0 fully saturated rings. The van der Waals surface area contributed by atoms with E-state index in [1.165, 1.54) is 0 Å². The average molecular weight is 316 g/mol. The lowest BCUT2D eigenvalue weighted by atomic mass is 10.4. The number of hydrogen-bond acceptors (Lipinski definition) is 1. The Morgan fingerprint density at radius 1 is 1.70 bits per heavy atom. The quantitative estimate of drug-likeness (QED) is 0.530. The molecule has 10 heavy (non-hydrogen) atoms. The van der Waals surface area contributed by atoms with Crippen molar-refractivity contribution in [3.8, 4) is 0 Å². The largest absolute Gasteiger partial charge is 0.228 e. The molecular weight excluding hydrogens is 312 g/mol. The Hall–Kier alpha value is 0.290. The van der Waals surface area contributed by atoms with Crippen molar-refractivity contribution >= 4 is 38.5 Å². The van der Waals surface area contributed by atoms with Gasteiger partial charge in [-0.25, -0.2) is 4.98 Å². The van der Waals surface area contributed by atoms with Crippen molar-refractivity contribution in [3.63, 3.8) is 0 Å². The van der Waals surface area contributed by atoms with E-state index in [0.29, 0.717) is 10.2 Å². The van der Waals surface area contributed by atoms with Gasteiger partial charge in [0.25, 0.3) is 0 Å². The molecule has 1 aromatic heterocycles. The van der Waals surface area contributed by atoms with Crippen LogP contribution in [0.3, 0.4) is 0 Å². The van der Waals surface area contributed by atoms with Gasteiger partial charge in [0.1, 0.15) is 0 Å². The van der Waals surface area contributed by atoms with Crippen LogP contribution in [0.1, 0.15) is 5.69 Å². The molecule has 0 aromatic carbocycles. The van der Waals surface area contributed by atoms with E-state index in [4.69, 9.17) is 0 Å². The molecule has 1 nitrogen and oxygen atoms in total. The van der Waals surface area contributed by atoms with Gasteiger partial charge in [-0.3, -0.25) is 0 Å². The summed E-state index contributed by atoms with van der Waals surface area (Å²) in [6.07, 6.45) is 0. The summed E-state index contributed by atoms with van der Waals surface area (Å²) in [6, 6.07) is 1.81. The molecule has 0 aliphatic heterocycles. The van der Waals surface area contributed by atoms with E-state index in [0.717, 1.165) is 3.57 Å². The van der Waals surface area contributed by atoms with Crippen LogP contribution in [-0.4, -0.2) is 4.98 Å². The van der Waals surface area contributed by atoms with Crippen LogP contribution in [0, 0.1) is 16.4 Å². The molecule has 0 N–H and O–H groups in total. The van der Waals surface area contributed by atoms with Gasteiger partial charge in [0, 0.05) is 9.26 Å². The fourth-order valence-electron chi connectivity index (χ4n) is 0.581. The third-order valence-electron chi connectivity index (χ3n) is 1.00. The molecule has 4 heteroatoms. The summed E-state index contributed by atoms with van der Waals surface area (Å²) in [4.78, 5) is 3.62. The van der Waals surface area contributed by atoms with Crippen molar-refractivity contribution in [1.29, 1.82) is 0 Å². The number of aromatic nitrogens is 1. The van der Waals surface area contributed by atoms with Gasteiger partial charge in [-0.2, -0.15) is 4.39 Å². The maximum atomic E-state index is 12.7. The Morgan fingerprint density at radius 2 is 2.30 bits per heavy atom. The molecular formula is C6H4BrFIN. The van der Waals surface area contributed by atoms with Gasteiger partial charge < -0.3 is 0 Å². The summed E-state index contributed by atoms with van der Waals surface area (Å²) < 4.78 is 14.0. The molecule has 54 valence electrons. The predicted molar refractivity (Wildman–Crippen MR) is 49.3 cm³/mol. The minimum Gasteiger partial charge on any atom is -0.224 e. The van der Waals surface area contributed by atoms with E-state index in [1.807, 2.05) is 28.7 Å². The second-order valence-electron chi connectivity index (χ2n) is 1.85. The number of pyridine rings is 1. The highest BCUT2D eigenvalue weighted by atomic mass is 127. The van der Waals surface area contributed by atoms with Gasteiger partial charge in [-0.1, -0.05) is 0 Å². The average Bonchev–Trinajstić information content (AvgIpc) is 1.82. The fraction of sp³-hybridized carbons (Fsp3) is 0.167. The number of nitrogens with zero attached hydrogens (tertiary/aromatic N) is 1. The molecule has 1 heterocycles. The summed E-state index contributed by atoms with van der Waals surface area (Å²) >= 11 is 5.12. The van der Waals surface area contributed by atoms with Gasteiger partial charge in [-0.05, 0) is 51.5 Å². The second-order valence-corrected chi connectivity index (χ2v) is 3.81. The lowest BCUT2D eigenvalue weighted by Crippen LogP contribution is -1.90. The highest BCUT2D eigenvalue weighted by molar-refractivity contribution is 14.1.